The first-order chi connectivity index (χ1) is 16.4. The van der Waals surface area contributed by atoms with E-state index in [0.717, 1.165) is 33.3 Å². The van der Waals surface area contributed by atoms with Gasteiger partial charge in [0.2, 0.25) is 11.9 Å². The molecular weight excluding hydrogens is 430 g/mol. The van der Waals surface area contributed by atoms with Gasteiger partial charge in [0.25, 0.3) is 0 Å². The van der Waals surface area contributed by atoms with Crippen LogP contribution in [-0.4, -0.2) is 44.8 Å². The van der Waals surface area contributed by atoms with Crippen LogP contribution in [0.4, 0.5) is 11.6 Å². The average molecular weight is 456 g/mol. The number of aromatic nitrogens is 4. The van der Waals surface area contributed by atoms with Gasteiger partial charge in [-0.05, 0) is 42.8 Å². The van der Waals surface area contributed by atoms with E-state index in [4.69, 9.17) is 16.9 Å². The van der Waals surface area contributed by atoms with Gasteiger partial charge in [-0.15, -0.1) is 6.42 Å². The molecule has 9 heteroatoms. The standard InChI is InChI=1S/C25H25N7O2/c1-4-17-5-6-23-19(9-17)13-28-25(31-23)30-21-10-18(20-14-29-32(3)15-20)11-22(12-21)34-8-7-27-24(33)16(2)26/h1,5-6,9-16H,7-8,26H2,2-3H3,(H,27,33)(H,28,30,31)/t16-/m1/s1. The molecule has 172 valence electrons. The van der Waals surface area contributed by atoms with Gasteiger partial charge in [0.05, 0.1) is 24.3 Å². The van der Waals surface area contributed by atoms with Crippen LogP contribution < -0.4 is 21.1 Å². The molecule has 0 aliphatic carbocycles. The topological polar surface area (TPSA) is 120 Å². The lowest BCUT2D eigenvalue weighted by Gasteiger charge is -2.13. The smallest absolute Gasteiger partial charge is 0.236 e. The predicted molar refractivity (Wildman–Crippen MR) is 132 cm³/mol. The van der Waals surface area contributed by atoms with Crippen molar-refractivity contribution in [1.29, 1.82) is 0 Å². The Labute approximate surface area is 197 Å². The second-order valence-corrected chi connectivity index (χ2v) is 7.81. The number of terminal acetylenes is 1. The monoisotopic (exact) mass is 455 g/mol. The first-order valence-corrected chi connectivity index (χ1v) is 10.7. The summed E-state index contributed by atoms with van der Waals surface area (Å²) in [5, 5.41) is 11.1. The van der Waals surface area contributed by atoms with Crippen molar-refractivity contribution < 1.29 is 9.53 Å². The summed E-state index contributed by atoms with van der Waals surface area (Å²) in [5.74, 6) is 3.46. The van der Waals surface area contributed by atoms with Crippen molar-refractivity contribution in [2.24, 2.45) is 12.8 Å². The van der Waals surface area contributed by atoms with Crippen LogP contribution in [0.15, 0.2) is 55.0 Å². The lowest BCUT2D eigenvalue weighted by atomic mass is 10.1. The fourth-order valence-corrected chi connectivity index (χ4v) is 3.31. The number of nitrogens with two attached hydrogens (primary N) is 1. The average Bonchev–Trinajstić information content (AvgIpc) is 3.27. The third kappa shape index (κ3) is 5.49. The molecule has 0 unspecified atom stereocenters. The van der Waals surface area contributed by atoms with Crippen LogP contribution in [0.3, 0.4) is 0 Å². The number of nitrogens with zero attached hydrogens (tertiary/aromatic N) is 4. The van der Waals surface area contributed by atoms with Crippen LogP contribution in [-0.2, 0) is 11.8 Å². The number of benzene rings is 2. The van der Waals surface area contributed by atoms with E-state index in [-0.39, 0.29) is 5.91 Å². The van der Waals surface area contributed by atoms with Crippen LogP contribution in [0.1, 0.15) is 12.5 Å². The summed E-state index contributed by atoms with van der Waals surface area (Å²) in [4.78, 5) is 20.7. The second-order valence-electron chi connectivity index (χ2n) is 7.81. The van der Waals surface area contributed by atoms with Crippen LogP contribution in [0, 0.1) is 12.3 Å². The quantitative estimate of drug-likeness (QED) is 0.276. The molecule has 0 bridgehead atoms. The van der Waals surface area contributed by atoms with E-state index in [1.165, 1.54) is 0 Å². The normalized spacial score (nSPS) is 11.6. The molecule has 0 aliphatic rings. The largest absolute Gasteiger partial charge is 0.492 e. The highest BCUT2D eigenvalue weighted by molar-refractivity contribution is 5.81. The number of carbonyl (C=O) groups is 1. The zero-order chi connectivity index (χ0) is 24.1. The van der Waals surface area contributed by atoms with E-state index in [0.29, 0.717) is 24.8 Å². The molecule has 0 spiro atoms. The Kier molecular flexibility index (Phi) is 6.71. The van der Waals surface area contributed by atoms with E-state index in [9.17, 15) is 4.79 Å². The van der Waals surface area contributed by atoms with Crippen molar-refractivity contribution >= 4 is 28.4 Å². The number of hydrogen-bond donors (Lipinski definition) is 3. The van der Waals surface area contributed by atoms with Crippen LogP contribution >= 0.6 is 0 Å². The minimum Gasteiger partial charge on any atom is -0.492 e. The number of amides is 1. The molecule has 0 saturated heterocycles. The fraction of sp³-hybridized carbons (Fsp3) is 0.200. The van der Waals surface area contributed by atoms with E-state index >= 15 is 0 Å². The highest BCUT2D eigenvalue weighted by Crippen LogP contribution is 2.30. The number of ether oxygens (including phenoxy) is 1. The van der Waals surface area contributed by atoms with Crippen molar-refractivity contribution in [3.05, 3.63) is 60.6 Å². The summed E-state index contributed by atoms with van der Waals surface area (Å²) in [6.07, 6.45) is 10.9. The lowest BCUT2D eigenvalue weighted by Crippen LogP contribution is -2.40. The van der Waals surface area contributed by atoms with Gasteiger partial charge in [-0.25, -0.2) is 9.97 Å². The van der Waals surface area contributed by atoms with E-state index in [1.807, 2.05) is 49.6 Å². The summed E-state index contributed by atoms with van der Waals surface area (Å²) in [6, 6.07) is 10.8. The first-order valence-electron chi connectivity index (χ1n) is 10.7. The Bertz CT molecular complexity index is 1370. The molecule has 0 saturated carbocycles. The number of fused-ring (bicyclic) bond motifs is 1. The summed E-state index contributed by atoms with van der Waals surface area (Å²) < 4.78 is 7.63. The van der Waals surface area contributed by atoms with Gasteiger partial charge in [-0.1, -0.05) is 5.92 Å². The Morgan fingerprint density at radius 2 is 2.09 bits per heavy atom. The molecule has 0 radical (unpaired) electrons. The van der Waals surface area contributed by atoms with Gasteiger partial charge in [0.15, 0.2) is 0 Å². The molecule has 2 aromatic heterocycles. The first kappa shape index (κ1) is 22.8. The molecule has 0 aliphatic heterocycles. The van der Waals surface area contributed by atoms with E-state index in [1.54, 1.807) is 24.0 Å². The number of nitrogens with one attached hydrogen (secondary N) is 2. The highest BCUT2D eigenvalue weighted by Gasteiger charge is 2.10. The van der Waals surface area contributed by atoms with Crippen molar-refractivity contribution in [3.63, 3.8) is 0 Å². The zero-order valence-corrected chi connectivity index (χ0v) is 18.9. The van der Waals surface area contributed by atoms with E-state index < -0.39 is 6.04 Å². The molecule has 0 fully saturated rings. The summed E-state index contributed by atoms with van der Waals surface area (Å²) >= 11 is 0. The number of carbonyl (C=O) groups excluding carboxylic acids is 1. The predicted octanol–water partition coefficient (Wildman–Crippen LogP) is 2.60. The molecule has 4 aromatic rings. The van der Waals surface area contributed by atoms with Crippen molar-refractivity contribution in [2.45, 2.75) is 13.0 Å². The SMILES string of the molecule is C#Cc1ccc2nc(Nc3cc(OCCNC(=O)[C@@H](C)N)cc(-c4cnn(C)c4)c3)ncc2c1. The highest BCUT2D eigenvalue weighted by atomic mass is 16.5. The fourth-order valence-electron chi connectivity index (χ4n) is 3.31. The van der Waals surface area contributed by atoms with Gasteiger partial charge in [0, 0.05) is 47.7 Å². The maximum absolute atomic E-state index is 11.6. The summed E-state index contributed by atoms with van der Waals surface area (Å²) in [5.41, 5.74) is 9.71. The Morgan fingerprint density at radius 3 is 2.82 bits per heavy atom. The number of hydrogen-bond acceptors (Lipinski definition) is 7. The summed E-state index contributed by atoms with van der Waals surface area (Å²) in [6.45, 7) is 2.26. The Morgan fingerprint density at radius 1 is 1.24 bits per heavy atom. The molecule has 1 amide bonds. The summed E-state index contributed by atoms with van der Waals surface area (Å²) in [7, 11) is 1.86. The maximum atomic E-state index is 11.6. The molecule has 2 aromatic carbocycles. The molecule has 4 rings (SSSR count). The van der Waals surface area contributed by atoms with Crippen molar-refractivity contribution in [2.75, 3.05) is 18.5 Å². The number of rotatable bonds is 8. The molecule has 9 nitrogen and oxygen atoms in total. The molecule has 34 heavy (non-hydrogen) atoms. The third-order valence-corrected chi connectivity index (χ3v) is 5.03. The molecule has 4 N–H and O–H groups in total. The van der Waals surface area contributed by atoms with Crippen LogP contribution in [0.5, 0.6) is 5.75 Å². The molecular formula is C25H25N7O2. The number of aryl methyl sites for hydroxylation is 1. The Balaban J connectivity index is 1.57. The molecule has 1 atom stereocenters. The van der Waals surface area contributed by atoms with E-state index in [2.05, 4.69) is 31.6 Å². The Hall–Kier alpha value is -4.42. The van der Waals surface area contributed by atoms with Gasteiger partial charge in [-0.3, -0.25) is 9.48 Å². The van der Waals surface area contributed by atoms with Crippen molar-refractivity contribution in [1.82, 2.24) is 25.1 Å². The molecule has 2 heterocycles. The van der Waals surface area contributed by atoms with Gasteiger partial charge < -0.3 is 21.1 Å². The van der Waals surface area contributed by atoms with Crippen molar-refractivity contribution in [3.8, 4) is 29.2 Å². The number of anilines is 2. The zero-order valence-electron chi connectivity index (χ0n) is 18.9. The van der Waals surface area contributed by atoms with Crippen LogP contribution in [0.2, 0.25) is 0 Å². The lowest BCUT2D eigenvalue weighted by molar-refractivity contribution is -0.122. The minimum absolute atomic E-state index is 0.224. The third-order valence-electron chi connectivity index (χ3n) is 5.03. The minimum atomic E-state index is -0.565. The van der Waals surface area contributed by atoms with Gasteiger partial charge >= 0.3 is 0 Å². The van der Waals surface area contributed by atoms with Crippen LogP contribution in [0.25, 0.3) is 22.0 Å². The van der Waals surface area contributed by atoms with Gasteiger partial charge in [0.1, 0.15) is 12.4 Å². The maximum Gasteiger partial charge on any atom is 0.236 e. The van der Waals surface area contributed by atoms with Gasteiger partial charge in [-0.2, -0.15) is 5.10 Å². The second kappa shape index (κ2) is 10.0.